The molecular formula is C17H23N3. The molecule has 0 saturated carbocycles. The maximum absolute atomic E-state index is 4.57. The molecule has 0 fully saturated rings. The molecule has 0 amide bonds. The van der Waals surface area contributed by atoms with Gasteiger partial charge in [0.1, 0.15) is 5.82 Å². The molecular weight excluding hydrogens is 246 g/mol. The molecule has 2 aromatic rings. The van der Waals surface area contributed by atoms with Gasteiger partial charge >= 0.3 is 0 Å². The summed E-state index contributed by atoms with van der Waals surface area (Å²) in [6.07, 6.45) is 5.10. The molecule has 1 aromatic heterocycles. The first-order valence-electron chi connectivity index (χ1n) is 7.36. The fraction of sp³-hybridized carbons (Fsp3) is 0.412. The summed E-state index contributed by atoms with van der Waals surface area (Å²) in [7, 11) is 0. The Kier molecular flexibility index (Phi) is 5.69. The third-order valence-electron chi connectivity index (χ3n) is 3.36. The molecule has 1 aromatic carbocycles. The lowest BCUT2D eigenvalue weighted by Crippen LogP contribution is -2.24. The van der Waals surface area contributed by atoms with Gasteiger partial charge in [-0.1, -0.05) is 37.3 Å². The van der Waals surface area contributed by atoms with E-state index in [-0.39, 0.29) is 0 Å². The van der Waals surface area contributed by atoms with Gasteiger partial charge in [-0.15, -0.1) is 0 Å². The van der Waals surface area contributed by atoms with Gasteiger partial charge in [-0.05, 0) is 44.4 Å². The minimum atomic E-state index is 0.303. The monoisotopic (exact) mass is 269 g/mol. The molecule has 1 atom stereocenters. The van der Waals surface area contributed by atoms with Crippen LogP contribution in [0, 0.1) is 6.92 Å². The van der Waals surface area contributed by atoms with Crippen LogP contribution >= 0.6 is 0 Å². The highest BCUT2D eigenvalue weighted by atomic mass is 15.0. The van der Waals surface area contributed by atoms with Crippen molar-refractivity contribution in [3.05, 3.63) is 59.7 Å². The Balaban J connectivity index is 2.03. The SMILES string of the molecule is CCCNC(CCc1ccccc1)c1ccnc(C)n1. The number of hydrogen-bond acceptors (Lipinski definition) is 3. The quantitative estimate of drug-likeness (QED) is 0.836. The first-order chi connectivity index (χ1) is 9.79. The van der Waals surface area contributed by atoms with Crippen LogP contribution in [0.2, 0.25) is 0 Å². The summed E-state index contributed by atoms with van der Waals surface area (Å²) in [4.78, 5) is 8.75. The highest BCUT2D eigenvalue weighted by molar-refractivity contribution is 5.16. The molecule has 1 N–H and O–H groups in total. The fourth-order valence-corrected chi connectivity index (χ4v) is 2.30. The largest absolute Gasteiger partial charge is 0.309 e. The van der Waals surface area contributed by atoms with Crippen molar-refractivity contribution in [1.82, 2.24) is 15.3 Å². The standard InChI is InChI=1S/C17H23N3/c1-3-12-19-16(17-11-13-18-14(2)20-17)10-9-15-7-5-4-6-8-15/h4-8,11,13,16,19H,3,9-10,12H2,1-2H3. The van der Waals surface area contributed by atoms with E-state index >= 15 is 0 Å². The predicted molar refractivity (Wildman–Crippen MR) is 82.6 cm³/mol. The molecule has 1 unspecified atom stereocenters. The lowest BCUT2D eigenvalue weighted by atomic mass is 10.0. The Morgan fingerprint density at radius 3 is 2.65 bits per heavy atom. The van der Waals surface area contributed by atoms with E-state index in [1.165, 1.54) is 5.56 Å². The van der Waals surface area contributed by atoms with Crippen LogP contribution in [0.25, 0.3) is 0 Å². The van der Waals surface area contributed by atoms with Gasteiger partial charge in [0.05, 0.1) is 5.69 Å². The van der Waals surface area contributed by atoms with Crippen molar-refractivity contribution in [3.63, 3.8) is 0 Å². The Morgan fingerprint density at radius 2 is 1.95 bits per heavy atom. The minimum absolute atomic E-state index is 0.303. The number of hydrogen-bond donors (Lipinski definition) is 1. The number of benzene rings is 1. The Hall–Kier alpha value is -1.74. The highest BCUT2D eigenvalue weighted by Crippen LogP contribution is 2.17. The molecule has 3 nitrogen and oxygen atoms in total. The van der Waals surface area contributed by atoms with Crippen LogP contribution in [-0.2, 0) is 6.42 Å². The van der Waals surface area contributed by atoms with E-state index in [4.69, 9.17) is 0 Å². The summed E-state index contributed by atoms with van der Waals surface area (Å²) in [5, 5.41) is 3.59. The van der Waals surface area contributed by atoms with E-state index in [1.54, 1.807) is 0 Å². The van der Waals surface area contributed by atoms with Crippen LogP contribution in [0.4, 0.5) is 0 Å². The summed E-state index contributed by atoms with van der Waals surface area (Å²) in [6, 6.07) is 12.9. The Morgan fingerprint density at radius 1 is 1.15 bits per heavy atom. The van der Waals surface area contributed by atoms with Gasteiger partial charge in [-0.2, -0.15) is 0 Å². The van der Waals surface area contributed by atoms with E-state index in [0.717, 1.165) is 37.3 Å². The molecule has 2 rings (SSSR count). The zero-order valence-corrected chi connectivity index (χ0v) is 12.3. The highest BCUT2D eigenvalue weighted by Gasteiger charge is 2.12. The van der Waals surface area contributed by atoms with Crippen LogP contribution in [-0.4, -0.2) is 16.5 Å². The summed E-state index contributed by atoms with van der Waals surface area (Å²) in [6.45, 7) is 5.15. The molecule has 0 radical (unpaired) electrons. The van der Waals surface area contributed by atoms with Crippen molar-refractivity contribution in [2.24, 2.45) is 0 Å². The second kappa shape index (κ2) is 7.75. The van der Waals surface area contributed by atoms with Crippen molar-refractivity contribution in [2.45, 2.75) is 39.2 Å². The molecule has 106 valence electrons. The van der Waals surface area contributed by atoms with E-state index in [9.17, 15) is 0 Å². The predicted octanol–water partition coefficient (Wildman–Crippen LogP) is 3.46. The second-order valence-corrected chi connectivity index (χ2v) is 5.06. The van der Waals surface area contributed by atoms with Gasteiger partial charge in [0, 0.05) is 12.2 Å². The fourth-order valence-electron chi connectivity index (χ4n) is 2.30. The van der Waals surface area contributed by atoms with Gasteiger partial charge in [-0.25, -0.2) is 9.97 Å². The first-order valence-corrected chi connectivity index (χ1v) is 7.36. The van der Waals surface area contributed by atoms with Crippen LogP contribution in [0.1, 0.15) is 42.9 Å². The number of nitrogens with zero attached hydrogens (tertiary/aromatic N) is 2. The number of nitrogens with one attached hydrogen (secondary N) is 1. The maximum Gasteiger partial charge on any atom is 0.125 e. The van der Waals surface area contributed by atoms with Gasteiger partial charge < -0.3 is 5.32 Å². The molecule has 0 aliphatic rings. The zero-order chi connectivity index (χ0) is 14.2. The van der Waals surface area contributed by atoms with E-state index < -0.39 is 0 Å². The molecule has 0 spiro atoms. The molecule has 0 bridgehead atoms. The number of aryl methyl sites for hydroxylation is 2. The molecule has 3 heteroatoms. The van der Waals surface area contributed by atoms with Crippen molar-refractivity contribution in [3.8, 4) is 0 Å². The lowest BCUT2D eigenvalue weighted by Gasteiger charge is -2.18. The molecule has 0 aliphatic carbocycles. The van der Waals surface area contributed by atoms with Gasteiger partial charge in [0.2, 0.25) is 0 Å². The third-order valence-corrected chi connectivity index (χ3v) is 3.36. The van der Waals surface area contributed by atoms with Crippen LogP contribution in [0.3, 0.4) is 0 Å². The molecule has 20 heavy (non-hydrogen) atoms. The second-order valence-electron chi connectivity index (χ2n) is 5.06. The van der Waals surface area contributed by atoms with Crippen molar-refractivity contribution >= 4 is 0 Å². The van der Waals surface area contributed by atoms with Crippen molar-refractivity contribution in [2.75, 3.05) is 6.54 Å². The van der Waals surface area contributed by atoms with Crippen LogP contribution in [0.15, 0.2) is 42.6 Å². The Labute approximate surface area is 121 Å². The first kappa shape index (κ1) is 14.7. The number of rotatable bonds is 7. The molecule has 0 saturated heterocycles. The summed E-state index contributed by atoms with van der Waals surface area (Å²) in [5.41, 5.74) is 2.48. The average Bonchev–Trinajstić information content (AvgIpc) is 2.48. The zero-order valence-electron chi connectivity index (χ0n) is 12.3. The van der Waals surface area contributed by atoms with Gasteiger partial charge in [-0.3, -0.25) is 0 Å². The van der Waals surface area contributed by atoms with Gasteiger partial charge in [0.25, 0.3) is 0 Å². The normalized spacial score (nSPS) is 12.3. The maximum atomic E-state index is 4.57. The van der Waals surface area contributed by atoms with Crippen molar-refractivity contribution < 1.29 is 0 Å². The topological polar surface area (TPSA) is 37.8 Å². The van der Waals surface area contributed by atoms with E-state index in [1.807, 2.05) is 19.2 Å². The lowest BCUT2D eigenvalue weighted by molar-refractivity contribution is 0.487. The van der Waals surface area contributed by atoms with Gasteiger partial charge in [0.15, 0.2) is 0 Å². The summed E-state index contributed by atoms with van der Waals surface area (Å²) in [5.74, 6) is 0.838. The van der Waals surface area contributed by atoms with Crippen LogP contribution < -0.4 is 5.32 Å². The average molecular weight is 269 g/mol. The van der Waals surface area contributed by atoms with Crippen LogP contribution in [0.5, 0.6) is 0 Å². The minimum Gasteiger partial charge on any atom is -0.309 e. The van der Waals surface area contributed by atoms with E-state index in [0.29, 0.717) is 6.04 Å². The third kappa shape index (κ3) is 4.42. The summed E-state index contributed by atoms with van der Waals surface area (Å²) < 4.78 is 0. The summed E-state index contributed by atoms with van der Waals surface area (Å²) >= 11 is 0. The molecule has 1 heterocycles. The van der Waals surface area contributed by atoms with E-state index in [2.05, 4.69) is 52.5 Å². The Bertz CT molecular complexity index is 511. The number of aromatic nitrogens is 2. The smallest absolute Gasteiger partial charge is 0.125 e. The molecule has 0 aliphatic heterocycles. The van der Waals surface area contributed by atoms with Crippen molar-refractivity contribution in [1.29, 1.82) is 0 Å².